The number of aromatic nitrogens is 2. The van der Waals surface area contributed by atoms with Crippen LogP contribution in [0, 0.1) is 5.82 Å². The molecule has 168 valence electrons. The van der Waals surface area contributed by atoms with Crippen LogP contribution >= 0.6 is 0 Å². The predicted molar refractivity (Wildman–Crippen MR) is 110 cm³/mol. The van der Waals surface area contributed by atoms with E-state index in [1.165, 1.54) is 17.0 Å². The van der Waals surface area contributed by atoms with Gasteiger partial charge in [0.05, 0.1) is 17.9 Å². The Morgan fingerprint density at radius 3 is 2.53 bits per heavy atom. The van der Waals surface area contributed by atoms with Gasteiger partial charge in [-0.2, -0.15) is 18.3 Å². The summed E-state index contributed by atoms with van der Waals surface area (Å²) >= 11 is 0. The number of amidine groups is 1. The number of hydrogen-bond acceptors (Lipinski definition) is 6. The van der Waals surface area contributed by atoms with Crippen molar-refractivity contribution in [3.8, 4) is 11.4 Å². The molecule has 12 heteroatoms. The Morgan fingerprint density at radius 2 is 1.91 bits per heavy atom. The minimum absolute atomic E-state index is 0.245. The molecule has 0 spiro atoms. The number of nitrogens with zero attached hydrogens (tertiary/aromatic N) is 3. The zero-order valence-electron chi connectivity index (χ0n) is 16.4. The fourth-order valence-corrected chi connectivity index (χ4v) is 2.66. The SMILES string of the molecule is N/N=C(\N)CCOc1ccc(-n2ccnc(Nc3ccc(C(F)(F)F)cc3F)c2=O)cc1. The second-order valence-corrected chi connectivity index (χ2v) is 6.48. The number of anilines is 2. The zero-order valence-corrected chi connectivity index (χ0v) is 16.4. The first-order valence-corrected chi connectivity index (χ1v) is 9.16. The molecular formula is C20H18F4N6O2. The van der Waals surface area contributed by atoms with Crippen LogP contribution in [0.4, 0.5) is 29.1 Å². The summed E-state index contributed by atoms with van der Waals surface area (Å²) in [6.07, 6.45) is -1.65. The number of hydrogen-bond donors (Lipinski definition) is 3. The Bertz CT molecular complexity index is 1180. The van der Waals surface area contributed by atoms with E-state index in [2.05, 4.69) is 15.4 Å². The molecule has 3 aromatic rings. The third-order valence-electron chi connectivity index (χ3n) is 4.30. The molecule has 8 nitrogen and oxygen atoms in total. The van der Waals surface area contributed by atoms with E-state index >= 15 is 0 Å². The third kappa shape index (κ3) is 5.33. The number of nitrogens with one attached hydrogen (secondary N) is 1. The molecule has 2 aromatic carbocycles. The zero-order chi connectivity index (χ0) is 23.3. The van der Waals surface area contributed by atoms with Crippen LogP contribution in [0.15, 0.2) is 64.8 Å². The van der Waals surface area contributed by atoms with Crippen LogP contribution in [0.25, 0.3) is 5.69 Å². The van der Waals surface area contributed by atoms with Crippen LogP contribution in [-0.2, 0) is 6.18 Å². The maximum atomic E-state index is 14.1. The summed E-state index contributed by atoms with van der Waals surface area (Å²) in [5, 5.41) is 5.77. The fourth-order valence-electron chi connectivity index (χ4n) is 2.66. The van der Waals surface area contributed by atoms with Gasteiger partial charge in [-0.25, -0.2) is 9.37 Å². The third-order valence-corrected chi connectivity index (χ3v) is 4.30. The lowest BCUT2D eigenvalue weighted by molar-refractivity contribution is -0.137. The number of rotatable bonds is 7. The lowest BCUT2D eigenvalue weighted by Gasteiger charge is -2.12. The van der Waals surface area contributed by atoms with Crippen molar-refractivity contribution in [1.82, 2.24) is 9.55 Å². The Kier molecular flexibility index (Phi) is 6.61. The smallest absolute Gasteiger partial charge is 0.416 e. The number of hydrazone groups is 1. The first kappa shape index (κ1) is 22.6. The largest absolute Gasteiger partial charge is 0.493 e. The van der Waals surface area contributed by atoms with Gasteiger partial charge in [-0.15, -0.1) is 0 Å². The van der Waals surface area contributed by atoms with E-state index in [9.17, 15) is 22.4 Å². The molecule has 3 rings (SSSR count). The average Bonchev–Trinajstić information content (AvgIpc) is 2.76. The Morgan fingerprint density at radius 1 is 1.19 bits per heavy atom. The van der Waals surface area contributed by atoms with Gasteiger partial charge in [-0.3, -0.25) is 9.36 Å². The van der Waals surface area contributed by atoms with Crippen LogP contribution in [0.3, 0.4) is 0 Å². The number of halogens is 4. The highest BCUT2D eigenvalue weighted by Gasteiger charge is 2.31. The van der Waals surface area contributed by atoms with Crippen molar-refractivity contribution >= 4 is 17.3 Å². The summed E-state index contributed by atoms with van der Waals surface area (Å²) in [6, 6.07) is 8.42. The van der Waals surface area contributed by atoms with Crippen molar-refractivity contribution in [3.05, 3.63) is 76.6 Å². The first-order chi connectivity index (χ1) is 15.2. The second-order valence-electron chi connectivity index (χ2n) is 6.48. The number of benzene rings is 2. The van der Waals surface area contributed by atoms with Crippen molar-refractivity contribution in [2.24, 2.45) is 16.7 Å². The number of ether oxygens (including phenoxy) is 1. The molecule has 32 heavy (non-hydrogen) atoms. The average molecular weight is 450 g/mol. The lowest BCUT2D eigenvalue weighted by Crippen LogP contribution is -2.22. The highest BCUT2D eigenvalue weighted by molar-refractivity contribution is 5.80. The molecule has 0 aliphatic carbocycles. The maximum Gasteiger partial charge on any atom is 0.416 e. The van der Waals surface area contributed by atoms with Crippen molar-refractivity contribution in [1.29, 1.82) is 0 Å². The van der Waals surface area contributed by atoms with Crippen LogP contribution in [-0.4, -0.2) is 22.0 Å². The summed E-state index contributed by atoms with van der Waals surface area (Å²) < 4.78 is 58.9. The van der Waals surface area contributed by atoms with E-state index in [4.69, 9.17) is 16.3 Å². The van der Waals surface area contributed by atoms with E-state index < -0.39 is 23.1 Å². The van der Waals surface area contributed by atoms with Gasteiger partial charge in [-0.1, -0.05) is 0 Å². The maximum absolute atomic E-state index is 14.1. The first-order valence-electron chi connectivity index (χ1n) is 9.16. The van der Waals surface area contributed by atoms with Crippen molar-refractivity contribution in [2.45, 2.75) is 12.6 Å². The summed E-state index contributed by atoms with van der Waals surface area (Å²) in [6.45, 7) is 0.258. The van der Waals surface area contributed by atoms with Gasteiger partial charge in [0, 0.05) is 24.5 Å². The van der Waals surface area contributed by atoms with Gasteiger partial charge in [0.2, 0.25) is 0 Å². The molecule has 0 amide bonds. The van der Waals surface area contributed by atoms with Gasteiger partial charge in [0.25, 0.3) is 5.56 Å². The van der Waals surface area contributed by atoms with E-state index in [0.29, 0.717) is 30.0 Å². The van der Waals surface area contributed by atoms with E-state index in [0.717, 1.165) is 6.07 Å². The minimum Gasteiger partial charge on any atom is -0.493 e. The van der Waals surface area contributed by atoms with Crippen molar-refractivity contribution in [2.75, 3.05) is 11.9 Å². The van der Waals surface area contributed by atoms with Crippen LogP contribution in [0.1, 0.15) is 12.0 Å². The summed E-state index contributed by atoms with van der Waals surface area (Å²) in [5.41, 5.74) is 3.86. The van der Waals surface area contributed by atoms with E-state index in [1.54, 1.807) is 24.3 Å². The van der Waals surface area contributed by atoms with Crippen LogP contribution in [0.5, 0.6) is 5.75 Å². The normalized spacial score (nSPS) is 11.9. The standard InChI is InChI=1S/C20H18F4N6O2/c21-15-11-12(20(22,23)24)1-6-16(15)28-18-19(31)30(9-8-27-18)13-2-4-14(5-3-13)32-10-7-17(25)29-26/h1-6,8-9,11H,7,10,26H2,(H2,25,29)(H,27,28). The van der Waals surface area contributed by atoms with Gasteiger partial charge in [0.15, 0.2) is 5.82 Å². The van der Waals surface area contributed by atoms with Crippen molar-refractivity contribution in [3.63, 3.8) is 0 Å². The molecule has 1 heterocycles. The second kappa shape index (κ2) is 9.37. The molecule has 0 fully saturated rings. The van der Waals surface area contributed by atoms with Gasteiger partial charge in [-0.05, 0) is 42.5 Å². The molecule has 1 aromatic heterocycles. The Hall–Kier alpha value is -4.09. The summed E-state index contributed by atoms with van der Waals surface area (Å²) in [5.74, 6) is 4.38. The van der Waals surface area contributed by atoms with Crippen molar-refractivity contribution < 1.29 is 22.3 Å². The quantitative estimate of drug-likeness (QED) is 0.167. The number of nitrogens with two attached hydrogens (primary N) is 2. The van der Waals surface area contributed by atoms with Crippen LogP contribution < -0.4 is 27.2 Å². The molecule has 0 atom stereocenters. The molecule has 0 saturated heterocycles. The Labute approximate surface area is 179 Å². The van der Waals surface area contributed by atoms with Gasteiger partial charge < -0.3 is 21.6 Å². The highest BCUT2D eigenvalue weighted by atomic mass is 19.4. The fraction of sp³-hybridized carbons (Fsp3) is 0.150. The lowest BCUT2D eigenvalue weighted by atomic mass is 10.2. The number of alkyl halides is 3. The summed E-state index contributed by atoms with van der Waals surface area (Å²) in [4.78, 5) is 16.6. The van der Waals surface area contributed by atoms with E-state index in [-0.39, 0.29) is 23.9 Å². The summed E-state index contributed by atoms with van der Waals surface area (Å²) in [7, 11) is 0. The molecule has 0 bridgehead atoms. The molecule has 0 radical (unpaired) electrons. The monoisotopic (exact) mass is 450 g/mol. The Balaban J connectivity index is 1.78. The molecule has 0 aliphatic rings. The molecule has 0 aliphatic heterocycles. The minimum atomic E-state index is -4.68. The molecule has 5 N–H and O–H groups in total. The topological polar surface area (TPSA) is 121 Å². The highest BCUT2D eigenvalue weighted by Crippen LogP contribution is 2.31. The molecular weight excluding hydrogens is 432 g/mol. The van der Waals surface area contributed by atoms with E-state index in [1.807, 2.05) is 0 Å². The van der Waals surface area contributed by atoms with Gasteiger partial charge in [0.1, 0.15) is 17.4 Å². The van der Waals surface area contributed by atoms with Gasteiger partial charge >= 0.3 is 6.18 Å². The van der Waals surface area contributed by atoms with Crippen LogP contribution in [0.2, 0.25) is 0 Å². The molecule has 0 saturated carbocycles. The predicted octanol–water partition coefficient (Wildman–Crippen LogP) is 3.13. The molecule has 0 unspecified atom stereocenters.